The Kier molecular flexibility index (Phi) is 4.81. The predicted octanol–water partition coefficient (Wildman–Crippen LogP) is 4.34. The zero-order chi connectivity index (χ0) is 24.6. The minimum atomic E-state index is -0.950. The van der Waals surface area contributed by atoms with Crippen LogP contribution in [0.15, 0.2) is 42.6 Å². The number of carbonyl (C=O) groups is 2. The molecule has 0 bridgehead atoms. The molecule has 35 heavy (non-hydrogen) atoms. The molecule has 4 atom stereocenters. The number of aromatic nitrogens is 1. The second-order valence-electron chi connectivity index (χ2n) is 10.9. The van der Waals surface area contributed by atoms with E-state index in [1.165, 1.54) is 0 Å². The smallest absolute Gasteiger partial charge is 0.335 e. The highest BCUT2D eigenvalue weighted by molar-refractivity contribution is 6.10. The van der Waals surface area contributed by atoms with Crippen LogP contribution in [-0.2, 0) is 0 Å². The first-order chi connectivity index (χ1) is 16.7. The Balaban J connectivity index is 1.43. The second kappa shape index (κ2) is 7.59. The molecule has 7 heteroatoms. The van der Waals surface area contributed by atoms with Crippen LogP contribution in [0.5, 0.6) is 5.75 Å². The summed E-state index contributed by atoms with van der Waals surface area (Å²) in [5.74, 6) is 0.857. The number of piperazine rings is 1. The van der Waals surface area contributed by atoms with E-state index in [1.807, 2.05) is 42.3 Å². The fourth-order valence-electron chi connectivity index (χ4n) is 6.86. The maximum absolute atomic E-state index is 14.4. The third-order valence-corrected chi connectivity index (χ3v) is 8.86. The lowest BCUT2D eigenvalue weighted by atomic mass is 9.93. The minimum absolute atomic E-state index is 0.0414. The van der Waals surface area contributed by atoms with Crippen molar-refractivity contribution in [1.82, 2.24) is 14.8 Å². The lowest BCUT2D eigenvalue weighted by Crippen LogP contribution is -2.56. The number of fused-ring (bicyclic) bond motifs is 4. The predicted molar refractivity (Wildman–Crippen MR) is 133 cm³/mol. The van der Waals surface area contributed by atoms with E-state index in [0.717, 1.165) is 35.1 Å². The number of hydrogen-bond acceptors (Lipinski definition) is 4. The van der Waals surface area contributed by atoms with Gasteiger partial charge >= 0.3 is 5.97 Å². The van der Waals surface area contributed by atoms with Crippen LogP contribution in [0.4, 0.5) is 0 Å². The van der Waals surface area contributed by atoms with Gasteiger partial charge in [-0.05, 0) is 59.6 Å². The Labute approximate surface area is 204 Å². The topological polar surface area (TPSA) is 85.9 Å². The average molecular weight is 474 g/mol. The summed E-state index contributed by atoms with van der Waals surface area (Å²) in [4.78, 5) is 33.6. The van der Waals surface area contributed by atoms with Gasteiger partial charge in [-0.15, -0.1) is 0 Å². The van der Waals surface area contributed by atoms with Crippen LogP contribution in [0.25, 0.3) is 10.9 Å². The molecule has 2 aromatic carbocycles. The molecule has 0 unspecified atom stereocenters. The number of piperidine rings is 1. The highest BCUT2D eigenvalue weighted by Crippen LogP contribution is 2.65. The van der Waals surface area contributed by atoms with Crippen molar-refractivity contribution in [3.63, 3.8) is 0 Å². The number of nitrogens with zero attached hydrogens (tertiary/aromatic N) is 2. The molecule has 2 aliphatic heterocycles. The maximum Gasteiger partial charge on any atom is 0.335 e. The second-order valence-corrected chi connectivity index (χ2v) is 10.9. The van der Waals surface area contributed by atoms with Gasteiger partial charge in [-0.1, -0.05) is 26.0 Å². The molecular weight excluding hydrogens is 442 g/mol. The number of benzene rings is 2. The van der Waals surface area contributed by atoms with E-state index in [-0.39, 0.29) is 17.5 Å². The number of ether oxygens (including phenoxy) is 1. The quantitative estimate of drug-likeness (QED) is 0.589. The van der Waals surface area contributed by atoms with Crippen molar-refractivity contribution in [2.24, 2.45) is 17.3 Å². The van der Waals surface area contributed by atoms with E-state index >= 15 is 0 Å². The molecule has 3 heterocycles. The SMILES string of the molecule is COc1cc(C)c2[nH]ccc2c1C(=O)N1C[C@@H]2[C@@H]3[C@H](CN2C[C@H]1c1ccc(C(=O)O)cc1)C3(C)C. The molecule has 7 nitrogen and oxygen atoms in total. The summed E-state index contributed by atoms with van der Waals surface area (Å²) in [5, 5.41) is 10.2. The maximum atomic E-state index is 14.4. The number of aromatic amines is 1. The van der Waals surface area contributed by atoms with Gasteiger partial charge in [-0.25, -0.2) is 4.79 Å². The van der Waals surface area contributed by atoms with Crippen molar-refractivity contribution in [1.29, 1.82) is 0 Å². The third kappa shape index (κ3) is 3.21. The highest BCUT2D eigenvalue weighted by atomic mass is 16.5. The van der Waals surface area contributed by atoms with Crippen LogP contribution >= 0.6 is 0 Å². The Morgan fingerprint density at radius 3 is 2.54 bits per heavy atom. The zero-order valence-electron chi connectivity index (χ0n) is 20.5. The van der Waals surface area contributed by atoms with Crippen LogP contribution in [0.3, 0.4) is 0 Å². The molecule has 1 aliphatic carbocycles. The number of hydrogen-bond donors (Lipinski definition) is 2. The number of carbonyl (C=O) groups excluding carboxylic acids is 1. The minimum Gasteiger partial charge on any atom is -0.496 e. The first-order valence-corrected chi connectivity index (χ1v) is 12.2. The Hall–Kier alpha value is -3.32. The number of aromatic carboxylic acids is 1. The zero-order valence-corrected chi connectivity index (χ0v) is 20.5. The number of nitrogens with one attached hydrogen (secondary N) is 1. The monoisotopic (exact) mass is 473 g/mol. The molecule has 1 aromatic heterocycles. The number of carboxylic acid groups (broad SMARTS) is 1. The van der Waals surface area contributed by atoms with Crippen molar-refractivity contribution in [3.8, 4) is 5.75 Å². The summed E-state index contributed by atoms with van der Waals surface area (Å²) in [6.07, 6.45) is 1.86. The summed E-state index contributed by atoms with van der Waals surface area (Å²) in [6, 6.07) is 11.0. The molecule has 182 valence electrons. The van der Waals surface area contributed by atoms with Gasteiger partial charge in [0.15, 0.2) is 0 Å². The molecule has 1 saturated carbocycles. The fourth-order valence-corrected chi connectivity index (χ4v) is 6.86. The van der Waals surface area contributed by atoms with E-state index in [0.29, 0.717) is 41.2 Å². The fraction of sp³-hybridized carbons (Fsp3) is 0.429. The molecule has 3 fully saturated rings. The van der Waals surface area contributed by atoms with Crippen molar-refractivity contribution in [2.75, 3.05) is 26.7 Å². The average Bonchev–Trinajstić information content (AvgIpc) is 3.24. The van der Waals surface area contributed by atoms with E-state index in [1.54, 1.807) is 19.2 Å². The van der Waals surface area contributed by atoms with Gasteiger partial charge in [0, 0.05) is 42.8 Å². The molecule has 2 saturated heterocycles. The van der Waals surface area contributed by atoms with Crippen LogP contribution in [0.1, 0.15) is 51.7 Å². The number of carboxylic acids is 1. The van der Waals surface area contributed by atoms with Crippen molar-refractivity contribution in [2.45, 2.75) is 32.9 Å². The number of methoxy groups -OCH3 is 1. The van der Waals surface area contributed by atoms with Crippen LogP contribution in [0, 0.1) is 24.2 Å². The van der Waals surface area contributed by atoms with Gasteiger partial charge in [-0.2, -0.15) is 0 Å². The first-order valence-electron chi connectivity index (χ1n) is 12.2. The number of aryl methyl sites for hydroxylation is 1. The molecule has 6 rings (SSSR count). The van der Waals surface area contributed by atoms with Crippen molar-refractivity contribution in [3.05, 3.63) is 64.8 Å². The van der Waals surface area contributed by atoms with Gasteiger partial charge in [0.1, 0.15) is 5.75 Å². The lowest BCUT2D eigenvalue weighted by Gasteiger charge is -2.46. The summed E-state index contributed by atoms with van der Waals surface area (Å²) in [7, 11) is 1.61. The van der Waals surface area contributed by atoms with Gasteiger partial charge in [0.05, 0.1) is 24.3 Å². The molecule has 1 amide bonds. The van der Waals surface area contributed by atoms with Crippen LogP contribution in [-0.4, -0.2) is 64.6 Å². The van der Waals surface area contributed by atoms with Crippen LogP contribution < -0.4 is 4.74 Å². The Morgan fingerprint density at radius 1 is 1.11 bits per heavy atom. The summed E-state index contributed by atoms with van der Waals surface area (Å²) in [5.41, 5.74) is 4.08. The Morgan fingerprint density at radius 2 is 1.86 bits per heavy atom. The number of amides is 1. The third-order valence-electron chi connectivity index (χ3n) is 8.86. The highest BCUT2D eigenvalue weighted by Gasteiger charge is 2.67. The summed E-state index contributed by atoms with van der Waals surface area (Å²) >= 11 is 0. The van der Waals surface area contributed by atoms with Crippen LogP contribution in [0.2, 0.25) is 0 Å². The van der Waals surface area contributed by atoms with Crippen molar-refractivity contribution < 1.29 is 19.4 Å². The normalized spacial score (nSPS) is 26.9. The summed E-state index contributed by atoms with van der Waals surface area (Å²) in [6.45, 7) is 9.15. The van der Waals surface area contributed by atoms with Crippen molar-refractivity contribution >= 4 is 22.8 Å². The van der Waals surface area contributed by atoms with Gasteiger partial charge in [0.25, 0.3) is 5.91 Å². The van der Waals surface area contributed by atoms with Gasteiger partial charge in [0.2, 0.25) is 0 Å². The molecule has 2 N–H and O–H groups in total. The largest absolute Gasteiger partial charge is 0.496 e. The van der Waals surface area contributed by atoms with Gasteiger partial charge in [-0.3, -0.25) is 9.69 Å². The van der Waals surface area contributed by atoms with Gasteiger partial charge < -0.3 is 19.7 Å². The molecule has 0 spiro atoms. The molecule has 3 aromatic rings. The molecule has 0 radical (unpaired) electrons. The lowest BCUT2D eigenvalue weighted by molar-refractivity contribution is 0.0218. The Bertz CT molecular complexity index is 1340. The van der Waals surface area contributed by atoms with E-state index < -0.39 is 5.97 Å². The standard InChI is InChI=1S/C28H31N3O4/c1-15-11-22(35-4)23(18-9-10-29-25(15)18)26(32)31-14-21-24-19(28(24,2)3)12-30(21)13-20(31)16-5-7-17(8-6-16)27(33)34/h5-11,19-21,24,29H,12-14H2,1-4H3,(H,33,34)/t19-,20-,21+,24-/m0/s1. The number of rotatable bonds is 4. The first kappa shape index (κ1) is 22.2. The molecule has 3 aliphatic rings. The van der Waals surface area contributed by atoms with E-state index in [4.69, 9.17) is 4.74 Å². The summed E-state index contributed by atoms with van der Waals surface area (Å²) < 4.78 is 5.71. The molecular formula is C28H31N3O4. The van der Waals surface area contributed by atoms with E-state index in [2.05, 4.69) is 23.7 Å². The van der Waals surface area contributed by atoms with E-state index in [9.17, 15) is 14.7 Å². The number of H-pyrrole nitrogens is 1.